The zero-order chi connectivity index (χ0) is 16.3. The van der Waals surface area contributed by atoms with Gasteiger partial charge in [0.05, 0.1) is 11.2 Å². The maximum absolute atomic E-state index is 6.02. The second-order valence-corrected chi connectivity index (χ2v) is 12.9. The lowest BCUT2D eigenvalue weighted by molar-refractivity contribution is 0.0913. The molecule has 0 radical (unpaired) electrons. The fourth-order valence-corrected chi connectivity index (χ4v) is 3.49. The number of rotatable bonds is 6. The van der Waals surface area contributed by atoms with Crippen molar-refractivity contribution in [2.24, 2.45) is 0 Å². The van der Waals surface area contributed by atoms with Gasteiger partial charge in [-0.2, -0.15) is 0 Å². The standard InChI is InChI=1S/C20H25NOSi/c1-23(2,3)14-13-22-16-21-19-12-8-7-11-18(19)15-20(21)17-9-5-4-6-10-17/h4-12,15H,13-14,16H2,1-3H3. The van der Waals surface area contributed by atoms with E-state index < -0.39 is 8.07 Å². The minimum Gasteiger partial charge on any atom is -0.361 e. The van der Waals surface area contributed by atoms with Gasteiger partial charge in [-0.25, -0.2) is 0 Å². The van der Waals surface area contributed by atoms with E-state index in [1.54, 1.807) is 0 Å². The molecule has 3 aromatic rings. The number of para-hydroxylation sites is 1. The molecule has 3 rings (SSSR count). The van der Waals surface area contributed by atoms with Crippen LogP contribution in [0, 0.1) is 0 Å². The summed E-state index contributed by atoms with van der Waals surface area (Å²) in [4.78, 5) is 0. The van der Waals surface area contributed by atoms with Gasteiger partial charge in [0.25, 0.3) is 0 Å². The number of hydrogen-bond acceptors (Lipinski definition) is 1. The molecular formula is C20H25NOSi. The summed E-state index contributed by atoms with van der Waals surface area (Å²) in [7, 11) is -1.04. The summed E-state index contributed by atoms with van der Waals surface area (Å²) in [6, 6.07) is 22.5. The lowest BCUT2D eigenvalue weighted by atomic mass is 10.1. The normalized spacial score (nSPS) is 12.0. The second-order valence-electron chi connectivity index (χ2n) is 7.23. The number of nitrogens with zero attached hydrogens (tertiary/aromatic N) is 1. The molecule has 0 bridgehead atoms. The number of aromatic nitrogens is 1. The van der Waals surface area contributed by atoms with Crippen molar-refractivity contribution in [3.05, 3.63) is 60.7 Å². The van der Waals surface area contributed by atoms with Crippen LogP contribution < -0.4 is 0 Å². The summed E-state index contributed by atoms with van der Waals surface area (Å²) >= 11 is 0. The van der Waals surface area contributed by atoms with Crippen LogP contribution in [0.4, 0.5) is 0 Å². The summed E-state index contributed by atoms with van der Waals surface area (Å²) in [6.07, 6.45) is 0. The highest BCUT2D eigenvalue weighted by Crippen LogP contribution is 2.28. The fourth-order valence-electron chi connectivity index (χ4n) is 2.73. The molecule has 0 amide bonds. The van der Waals surface area contributed by atoms with E-state index in [0.29, 0.717) is 6.73 Å². The molecule has 3 heteroatoms. The Labute approximate surface area is 139 Å². The lowest BCUT2D eigenvalue weighted by Gasteiger charge is -2.17. The van der Waals surface area contributed by atoms with Crippen molar-refractivity contribution >= 4 is 19.0 Å². The molecular weight excluding hydrogens is 298 g/mol. The smallest absolute Gasteiger partial charge is 0.123 e. The van der Waals surface area contributed by atoms with Crippen LogP contribution in [-0.2, 0) is 11.5 Å². The molecule has 0 aliphatic heterocycles. The molecule has 2 nitrogen and oxygen atoms in total. The van der Waals surface area contributed by atoms with E-state index in [1.165, 1.54) is 28.2 Å². The molecule has 0 atom stereocenters. The van der Waals surface area contributed by atoms with Crippen LogP contribution in [0.25, 0.3) is 22.2 Å². The van der Waals surface area contributed by atoms with Gasteiger partial charge in [-0.15, -0.1) is 0 Å². The Morgan fingerprint density at radius 3 is 2.35 bits per heavy atom. The highest BCUT2D eigenvalue weighted by Gasteiger charge is 2.13. The zero-order valence-corrected chi connectivity index (χ0v) is 15.3. The third-order valence-electron chi connectivity index (χ3n) is 4.10. The van der Waals surface area contributed by atoms with Crippen LogP contribution in [0.3, 0.4) is 0 Å². The lowest BCUT2D eigenvalue weighted by Crippen LogP contribution is -2.22. The molecule has 120 valence electrons. The minimum atomic E-state index is -1.04. The average Bonchev–Trinajstić information content (AvgIpc) is 2.90. The van der Waals surface area contributed by atoms with E-state index in [9.17, 15) is 0 Å². The SMILES string of the molecule is C[Si](C)(C)CCOCn1c(-c2ccccc2)cc2ccccc21. The maximum atomic E-state index is 6.02. The Kier molecular flexibility index (Phi) is 4.69. The predicted octanol–water partition coefficient (Wildman–Crippen LogP) is 5.62. The fraction of sp³-hybridized carbons (Fsp3) is 0.300. The molecule has 0 aliphatic rings. The van der Waals surface area contributed by atoms with E-state index in [4.69, 9.17) is 4.74 Å². The quantitative estimate of drug-likeness (QED) is 0.424. The van der Waals surface area contributed by atoms with Gasteiger partial charge < -0.3 is 9.30 Å². The zero-order valence-electron chi connectivity index (χ0n) is 14.3. The van der Waals surface area contributed by atoms with Gasteiger partial charge in [-0.05, 0) is 23.7 Å². The molecule has 0 saturated carbocycles. The Bertz CT molecular complexity index is 771. The highest BCUT2D eigenvalue weighted by atomic mass is 28.3. The largest absolute Gasteiger partial charge is 0.361 e. The molecule has 0 fully saturated rings. The topological polar surface area (TPSA) is 14.2 Å². The minimum absolute atomic E-state index is 0.613. The van der Waals surface area contributed by atoms with Crippen molar-refractivity contribution in [2.45, 2.75) is 32.4 Å². The summed E-state index contributed by atoms with van der Waals surface area (Å²) in [5, 5.41) is 1.26. The Morgan fingerprint density at radius 1 is 0.913 bits per heavy atom. The first-order valence-electron chi connectivity index (χ1n) is 8.26. The van der Waals surface area contributed by atoms with E-state index in [-0.39, 0.29) is 0 Å². The molecule has 0 unspecified atom stereocenters. The van der Waals surface area contributed by atoms with Gasteiger partial charge in [0.2, 0.25) is 0 Å². The van der Waals surface area contributed by atoms with Crippen molar-refractivity contribution in [3.8, 4) is 11.3 Å². The molecule has 1 heterocycles. The second kappa shape index (κ2) is 6.73. The van der Waals surface area contributed by atoms with E-state index in [1.807, 2.05) is 0 Å². The molecule has 23 heavy (non-hydrogen) atoms. The van der Waals surface area contributed by atoms with Crippen LogP contribution in [0.5, 0.6) is 0 Å². The molecule has 2 aromatic carbocycles. The number of hydrogen-bond donors (Lipinski definition) is 0. The Balaban J connectivity index is 1.88. The first-order chi connectivity index (χ1) is 11.0. The third-order valence-corrected chi connectivity index (χ3v) is 5.80. The monoisotopic (exact) mass is 323 g/mol. The number of ether oxygens (including phenoxy) is 1. The molecule has 0 aliphatic carbocycles. The van der Waals surface area contributed by atoms with Crippen LogP contribution in [0.15, 0.2) is 60.7 Å². The molecule has 0 saturated heterocycles. The molecule has 1 aromatic heterocycles. The van der Waals surface area contributed by atoms with E-state index in [2.05, 4.69) is 84.9 Å². The first kappa shape index (κ1) is 16.0. The van der Waals surface area contributed by atoms with Crippen molar-refractivity contribution in [3.63, 3.8) is 0 Å². The van der Waals surface area contributed by atoms with Gasteiger partial charge in [0, 0.05) is 20.1 Å². The number of benzene rings is 2. The van der Waals surface area contributed by atoms with E-state index in [0.717, 1.165) is 6.61 Å². The Morgan fingerprint density at radius 2 is 1.61 bits per heavy atom. The Hall–Kier alpha value is -1.84. The predicted molar refractivity (Wildman–Crippen MR) is 101 cm³/mol. The number of fused-ring (bicyclic) bond motifs is 1. The van der Waals surface area contributed by atoms with Crippen LogP contribution in [0.1, 0.15) is 0 Å². The highest BCUT2D eigenvalue weighted by molar-refractivity contribution is 6.76. The van der Waals surface area contributed by atoms with Crippen molar-refractivity contribution in [1.29, 1.82) is 0 Å². The molecule has 0 spiro atoms. The van der Waals surface area contributed by atoms with Crippen LogP contribution in [-0.4, -0.2) is 19.2 Å². The van der Waals surface area contributed by atoms with Gasteiger partial charge in [0.1, 0.15) is 6.73 Å². The summed E-state index contributed by atoms with van der Waals surface area (Å²) in [5.41, 5.74) is 3.69. The van der Waals surface area contributed by atoms with Crippen molar-refractivity contribution in [1.82, 2.24) is 4.57 Å². The van der Waals surface area contributed by atoms with Crippen molar-refractivity contribution < 1.29 is 4.74 Å². The van der Waals surface area contributed by atoms with Crippen molar-refractivity contribution in [2.75, 3.05) is 6.61 Å². The summed E-state index contributed by atoms with van der Waals surface area (Å²) in [5.74, 6) is 0. The summed E-state index contributed by atoms with van der Waals surface area (Å²) < 4.78 is 8.31. The molecule has 0 N–H and O–H groups in total. The van der Waals surface area contributed by atoms with Gasteiger partial charge in [0.15, 0.2) is 0 Å². The van der Waals surface area contributed by atoms with Gasteiger partial charge in [-0.1, -0.05) is 68.2 Å². The third kappa shape index (κ3) is 3.92. The van der Waals surface area contributed by atoms with Crippen LogP contribution >= 0.6 is 0 Å². The van der Waals surface area contributed by atoms with E-state index >= 15 is 0 Å². The average molecular weight is 324 g/mol. The van der Waals surface area contributed by atoms with Crippen LogP contribution in [0.2, 0.25) is 25.7 Å². The first-order valence-corrected chi connectivity index (χ1v) is 12.0. The summed E-state index contributed by atoms with van der Waals surface area (Å²) in [6.45, 7) is 8.61. The maximum Gasteiger partial charge on any atom is 0.123 e. The van der Waals surface area contributed by atoms with Gasteiger partial charge in [-0.3, -0.25) is 0 Å². The van der Waals surface area contributed by atoms with Gasteiger partial charge >= 0.3 is 0 Å².